The number of likely N-dealkylation sites (tertiary alicyclic amines) is 1. The molecule has 1 aromatic rings. The highest BCUT2D eigenvalue weighted by Gasteiger charge is 2.34. The number of rotatable bonds is 8. The number of carbonyl (C=O) groups is 3. The van der Waals surface area contributed by atoms with E-state index in [9.17, 15) is 14.4 Å². The molecule has 0 radical (unpaired) electrons. The Morgan fingerprint density at radius 1 is 1.07 bits per heavy atom. The molecule has 0 aromatic heterocycles. The van der Waals surface area contributed by atoms with Crippen LogP contribution in [0.15, 0.2) is 30.3 Å². The first-order valence-electron chi connectivity index (χ1n) is 10.5. The van der Waals surface area contributed by atoms with Gasteiger partial charge >= 0.3 is 12.2 Å². The van der Waals surface area contributed by atoms with Gasteiger partial charge in [-0.2, -0.15) is 0 Å². The minimum Gasteiger partial charge on any atom is -0.445 e. The van der Waals surface area contributed by atoms with Crippen LogP contribution in [0.3, 0.4) is 0 Å². The zero-order valence-electron chi connectivity index (χ0n) is 18.1. The minimum atomic E-state index is -0.520. The van der Waals surface area contributed by atoms with Crippen LogP contribution < -0.4 is 10.6 Å². The number of hydrogen-bond donors (Lipinski definition) is 2. The molecule has 8 heteroatoms. The number of ether oxygens (including phenoxy) is 2. The van der Waals surface area contributed by atoms with Crippen LogP contribution in [-0.2, 0) is 20.9 Å². The van der Waals surface area contributed by atoms with Crippen molar-refractivity contribution in [3.8, 4) is 0 Å². The van der Waals surface area contributed by atoms with E-state index in [1.165, 1.54) is 4.90 Å². The van der Waals surface area contributed by atoms with Crippen molar-refractivity contribution in [2.45, 2.75) is 64.7 Å². The maximum Gasteiger partial charge on any atom is 0.410 e. The zero-order chi connectivity index (χ0) is 22.0. The van der Waals surface area contributed by atoms with Gasteiger partial charge in [0, 0.05) is 19.6 Å². The highest BCUT2D eigenvalue weighted by atomic mass is 16.6. The summed E-state index contributed by atoms with van der Waals surface area (Å²) >= 11 is 0. The molecule has 1 aromatic carbocycles. The standard InChI is InChI=1S/C22H33N3O5/c1-22(2,3)30-20(27)24-14-8-7-13-23-19(26)18-12-9-15-25(18)21(28)29-16-17-10-5-4-6-11-17/h4-6,10-11,18H,7-9,12-16H2,1-3H3,(H,23,26)(H,24,27)/t18-/m0/s1. The van der Waals surface area contributed by atoms with Gasteiger partial charge in [0.05, 0.1) is 0 Å². The first kappa shape index (κ1) is 23.5. The van der Waals surface area contributed by atoms with Crippen molar-refractivity contribution in [3.63, 3.8) is 0 Å². The van der Waals surface area contributed by atoms with Crippen molar-refractivity contribution in [2.24, 2.45) is 0 Å². The smallest absolute Gasteiger partial charge is 0.410 e. The molecule has 1 aliphatic rings. The van der Waals surface area contributed by atoms with Crippen LogP contribution in [0.1, 0.15) is 52.0 Å². The summed E-state index contributed by atoms with van der Waals surface area (Å²) in [6.07, 6.45) is 1.94. The van der Waals surface area contributed by atoms with Crippen LogP contribution in [0, 0.1) is 0 Å². The van der Waals surface area contributed by atoms with Crippen LogP contribution >= 0.6 is 0 Å². The molecular weight excluding hydrogens is 386 g/mol. The Bertz CT molecular complexity index is 702. The number of benzene rings is 1. The van der Waals surface area contributed by atoms with Gasteiger partial charge in [0.1, 0.15) is 18.2 Å². The Balaban J connectivity index is 1.64. The van der Waals surface area contributed by atoms with Crippen molar-refractivity contribution < 1.29 is 23.9 Å². The van der Waals surface area contributed by atoms with Crippen molar-refractivity contribution in [2.75, 3.05) is 19.6 Å². The third-order valence-electron chi connectivity index (χ3n) is 4.57. The van der Waals surface area contributed by atoms with E-state index >= 15 is 0 Å². The summed E-state index contributed by atoms with van der Waals surface area (Å²) < 4.78 is 10.5. The highest BCUT2D eigenvalue weighted by Crippen LogP contribution is 2.19. The predicted octanol–water partition coefficient (Wildman–Crippen LogP) is 3.21. The van der Waals surface area contributed by atoms with Gasteiger partial charge in [0.25, 0.3) is 0 Å². The summed E-state index contributed by atoms with van der Waals surface area (Å²) in [6, 6.07) is 8.96. The average Bonchev–Trinajstić information content (AvgIpc) is 3.18. The van der Waals surface area contributed by atoms with Gasteiger partial charge in [-0.15, -0.1) is 0 Å². The Morgan fingerprint density at radius 3 is 2.40 bits per heavy atom. The van der Waals surface area contributed by atoms with Crippen molar-refractivity contribution >= 4 is 18.1 Å². The molecule has 0 spiro atoms. The largest absolute Gasteiger partial charge is 0.445 e. The molecule has 8 nitrogen and oxygen atoms in total. The van der Waals surface area contributed by atoms with E-state index < -0.39 is 23.8 Å². The molecule has 1 aliphatic heterocycles. The molecule has 30 heavy (non-hydrogen) atoms. The lowest BCUT2D eigenvalue weighted by Gasteiger charge is -2.23. The van der Waals surface area contributed by atoms with Crippen LogP contribution in [0.2, 0.25) is 0 Å². The third kappa shape index (κ3) is 8.31. The van der Waals surface area contributed by atoms with Gasteiger partial charge in [-0.25, -0.2) is 9.59 Å². The number of nitrogens with zero attached hydrogens (tertiary/aromatic N) is 1. The Labute approximate surface area is 178 Å². The molecule has 3 amide bonds. The van der Waals surface area contributed by atoms with E-state index in [-0.39, 0.29) is 12.5 Å². The first-order valence-corrected chi connectivity index (χ1v) is 10.5. The van der Waals surface area contributed by atoms with Crippen molar-refractivity contribution in [1.29, 1.82) is 0 Å². The number of carbonyl (C=O) groups excluding carboxylic acids is 3. The van der Waals surface area contributed by atoms with E-state index in [1.54, 1.807) is 0 Å². The second-order valence-corrected chi connectivity index (χ2v) is 8.32. The molecule has 0 aliphatic carbocycles. The van der Waals surface area contributed by atoms with Crippen LogP contribution in [0.25, 0.3) is 0 Å². The molecule has 166 valence electrons. The molecular formula is C22H33N3O5. The van der Waals surface area contributed by atoms with E-state index in [4.69, 9.17) is 9.47 Å². The predicted molar refractivity (Wildman–Crippen MR) is 113 cm³/mol. The number of nitrogens with one attached hydrogen (secondary N) is 2. The average molecular weight is 420 g/mol. The van der Waals surface area contributed by atoms with Crippen molar-refractivity contribution in [1.82, 2.24) is 15.5 Å². The lowest BCUT2D eigenvalue weighted by molar-refractivity contribution is -0.125. The zero-order valence-corrected chi connectivity index (χ0v) is 18.1. The summed E-state index contributed by atoms with van der Waals surface area (Å²) in [5.74, 6) is -0.163. The Morgan fingerprint density at radius 2 is 1.73 bits per heavy atom. The van der Waals surface area contributed by atoms with Gasteiger partial charge in [0.15, 0.2) is 0 Å². The lowest BCUT2D eigenvalue weighted by Crippen LogP contribution is -2.46. The maximum absolute atomic E-state index is 12.5. The molecule has 0 saturated carbocycles. The van der Waals surface area contributed by atoms with Crippen LogP contribution in [0.5, 0.6) is 0 Å². The van der Waals surface area contributed by atoms with Gasteiger partial charge in [0.2, 0.25) is 5.91 Å². The highest BCUT2D eigenvalue weighted by molar-refractivity contribution is 5.86. The van der Waals surface area contributed by atoms with Crippen LogP contribution in [-0.4, -0.2) is 54.3 Å². The molecule has 1 saturated heterocycles. The van der Waals surface area contributed by atoms with E-state index in [1.807, 2.05) is 51.1 Å². The molecule has 1 heterocycles. The topological polar surface area (TPSA) is 97.0 Å². The van der Waals surface area contributed by atoms with Gasteiger partial charge in [-0.3, -0.25) is 9.69 Å². The maximum atomic E-state index is 12.5. The Kier molecular flexibility index (Phi) is 8.95. The lowest BCUT2D eigenvalue weighted by atomic mass is 10.2. The van der Waals surface area contributed by atoms with E-state index in [0.29, 0.717) is 38.9 Å². The third-order valence-corrected chi connectivity index (χ3v) is 4.57. The summed E-state index contributed by atoms with van der Waals surface area (Å²) in [7, 11) is 0. The summed E-state index contributed by atoms with van der Waals surface area (Å²) in [4.78, 5) is 37.9. The van der Waals surface area contributed by atoms with Crippen LogP contribution in [0.4, 0.5) is 9.59 Å². The van der Waals surface area contributed by atoms with Gasteiger partial charge < -0.3 is 20.1 Å². The first-order chi connectivity index (χ1) is 14.3. The fourth-order valence-corrected chi connectivity index (χ4v) is 3.14. The Hall–Kier alpha value is -2.77. The summed E-state index contributed by atoms with van der Waals surface area (Å²) in [6.45, 7) is 7.11. The normalized spacial score (nSPS) is 16.1. The van der Waals surface area contributed by atoms with Crippen molar-refractivity contribution in [3.05, 3.63) is 35.9 Å². The second-order valence-electron chi connectivity index (χ2n) is 8.32. The molecule has 2 rings (SSSR count). The fraction of sp³-hybridized carbons (Fsp3) is 0.591. The number of hydrogen-bond acceptors (Lipinski definition) is 5. The molecule has 0 bridgehead atoms. The SMILES string of the molecule is CC(C)(C)OC(=O)NCCCCNC(=O)[C@@H]1CCCN1C(=O)OCc1ccccc1. The van der Waals surface area contributed by atoms with E-state index in [2.05, 4.69) is 10.6 Å². The second kappa shape index (κ2) is 11.4. The van der Waals surface area contributed by atoms with Gasteiger partial charge in [-0.1, -0.05) is 30.3 Å². The minimum absolute atomic E-state index is 0.163. The quantitative estimate of drug-likeness (QED) is 0.631. The van der Waals surface area contributed by atoms with E-state index in [0.717, 1.165) is 12.0 Å². The number of alkyl carbamates (subject to hydrolysis) is 1. The van der Waals surface area contributed by atoms with Gasteiger partial charge in [-0.05, 0) is 52.0 Å². The molecule has 2 N–H and O–H groups in total. The number of unbranched alkanes of at least 4 members (excludes halogenated alkanes) is 1. The summed E-state index contributed by atoms with van der Waals surface area (Å²) in [5, 5.41) is 5.57. The molecule has 1 fully saturated rings. The summed E-state index contributed by atoms with van der Waals surface area (Å²) in [5.41, 5.74) is 0.388. The molecule has 0 unspecified atom stereocenters. The number of amides is 3. The monoisotopic (exact) mass is 419 g/mol. The molecule has 1 atom stereocenters. The fourth-order valence-electron chi connectivity index (χ4n) is 3.14.